The van der Waals surface area contributed by atoms with Gasteiger partial charge in [-0.2, -0.15) is 0 Å². The summed E-state index contributed by atoms with van der Waals surface area (Å²) in [4.78, 5) is 2.83. The van der Waals surface area contributed by atoms with Crippen molar-refractivity contribution in [1.29, 1.82) is 0 Å². The Morgan fingerprint density at radius 1 is 1.13 bits per heavy atom. The number of piperidine rings is 1. The number of aryl methyl sites for hydroxylation is 1. The summed E-state index contributed by atoms with van der Waals surface area (Å²) in [6.07, 6.45) is 14.3. The van der Waals surface area contributed by atoms with E-state index in [1.165, 1.54) is 62.8 Å². The average molecular weight is 633 g/mol. The molecular formula is C40H60N2O2S. The number of hydrogen-bond donors (Lipinski definition) is 2. The number of hydrogen-bond acceptors (Lipinski definition) is 4. The Morgan fingerprint density at radius 2 is 1.96 bits per heavy atom. The molecule has 0 aromatic heterocycles. The zero-order valence-electron chi connectivity index (χ0n) is 28.8. The molecule has 1 aromatic carbocycles. The summed E-state index contributed by atoms with van der Waals surface area (Å²) in [5.41, 5.74) is 6.80. The van der Waals surface area contributed by atoms with E-state index >= 15 is 0 Å². The highest BCUT2D eigenvalue weighted by Crippen LogP contribution is 2.64. The first-order valence-corrected chi connectivity index (χ1v) is 19.9. The van der Waals surface area contributed by atoms with Gasteiger partial charge in [-0.25, -0.2) is 0 Å². The molecule has 7 rings (SSSR count). The Kier molecular flexibility index (Phi) is 9.33. The van der Waals surface area contributed by atoms with Gasteiger partial charge in [0.15, 0.2) is 0 Å². The van der Waals surface area contributed by atoms with Crippen LogP contribution in [0.5, 0.6) is 0 Å². The third-order valence-electron chi connectivity index (χ3n) is 13.7. The largest absolute Gasteiger partial charge is 0.389 e. The summed E-state index contributed by atoms with van der Waals surface area (Å²) in [7, 11) is 0.153. The molecule has 1 spiro atoms. The highest BCUT2D eigenvalue weighted by atomic mass is 32.2. The third kappa shape index (κ3) is 6.01. The van der Waals surface area contributed by atoms with E-state index in [1.54, 1.807) is 11.1 Å². The van der Waals surface area contributed by atoms with Gasteiger partial charge in [0.05, 0.1) is 17.8 Å². The van der Waals surface area contributed by atoms with Crippen LogP contribution in [0.2, 0.25) is 0 Å². The van der Waals surface area contributed by atoms with Crippen LogP contribution in [-0.2, 0) is 11.2 Å². The van der Waals surface area contributed by atoms with Crippen molar-refractivity contribution in [1.82, 2.24) is 9.62 Å². The molecule has 2 heterocycles. The number of ether oxygens (including phenoxy) is 1. The van der Waals surface area contributed by atoms with Crippen LogP contribution in [-0.4, -0.2) is 64.6 Å². The maximum Gasteiger partial charge on any atom is 0.0765 e. The van der Waals surface area contributed by atoms with E-state index in [0.717, 1.165) is 50.1 Å². The molecule has 5 heteroatoms. The fourth-order valence-corrected chi connectivity index (χ4v) is 12.7. The van der Waals surface area contributed by atoms with E-state index in [2.05, 4.69) is 86.0 Å². The van der Waals surface area contributed by atoms with Crippen molar-refractivity contribution in [3.8, 4) is 0 Å². The second-order valence-electron chi connectivity index (χ2n) is 16.2. The Labute approximate surface area is 276 Å². The Hall–Kier alpha value is -1.24. The Bertz CT molecular complexity index is 1320. The van der Waals surface area contributed by atoms with Gasteiger partial charge in [-0.15, -0.1) is 10.7 Å². The second-order valence-corrected chi connectivity index (χ2v) is 18.2. The quantitative estimate of drug-likeness (QED) is 0.237. The van der Waals surface area contributed by atoms with E-state index < -0.39 is 0 Å². The molecule has 2 N–H and O–H groups in total. The first kappa shape index (κ1) is 32.3. The monoisotopic (exact) mass is 632 g/mol. The van der Waals surface area contributed by atoms with Crippen LogP contribution in [0.4, 0.5) is 0 Å². The third-order valence-corrected chi connectivity index (χ3v) is 15.5. The molecule has 11 atom stereocenters. The Morgan fingerprint density at radius 3 is 2.76 bits per heavy atom. The van der Waals surface area contributed by atoms with E-state index in [0.29, 0.717) is 29.4 Å². The van der Waals surface area contributed by atoms with Crippen LogP contribution in [0.1, 0.15) is 98.0 Å². The maximum absolute atomic E-state index is 10.4. The second kappa shape index (κ2) is 13.0. The van der Waals surface area contributed by atoms with Crippen molar-refractivity contribution in [2.45, 2.75) is 123 Å². The van der Waals surface area contributed by atoms with Crippen molar-refractivity contribution in [2.75, 3.05) is 25.4 Å². The first-order chi connectivity index (χ1) is 21.7. The molecule has 0 bridgehead atoms. The van der Waals surface area contributed by atoms with Gasteiger partial charge in [-0.3, -0.25) is 9.62 Å². The fourth-order valence-electron chi connectivity index (χ4n) is 11.4. The van der Waals surface area contributed by atoms with Gasteiger partial charge in [0.2, 0.25) is 0 Å². The summed E-state index contributed by atoms with van der Waals surface area (Å²) >= 11 is 0. The number of likely N-dealkylation sites (tertiary alicyclic amines) is 1. The molecule has 2 saturated heterocycles. The lowest BCUT2D eigenvalue weighted by atomic mass is 9.56. The maximum atomic E-state index is 10.4. The molecular weight excluding hydrogens is 573 g/mol. The molecule has 1 aromatic rings. The molecule has 248 valence electrons. The average Bonchev–Trinajstić information content (AvgIpc) is 3.49. The lowest BCUT2D eigenvalue weighted by Crippen LogP contribution is -2.53. The van der Waals surface area contributed by atoms with Gasteiger partial charge in [0.25, 0.3) is 0 Å². The standard InChI is InChI=1S/C40H60N2O2S/c1-6-45(21-16-30-10-8-7-9-11-30)41-19-20-42-26-27(2)22-37-38(42)29(4)40(44-37)18-15-33-34-13-12-31-23-32(43)14-17-39(31,5)36(34)24-35(33)28(3)25-40/h6-11,23,27,29,32-34,36-38,41,43H,12-22,24-26H2,1-5H3/t27-,29+,32-,33-,34-,36-,37+,38-,39-,40-,45?/m0/s1. The van der Waals surface area contributed by atoms with Crippen LogP contribution in [0.25, 0.3) is 0 Å². The fraction of sp³-hybridized carbons (Fsp3) is 0.725. The normalized spacial score (nSPS) is 42.1. The predicted octanol–water partition coefficient (Wildman–Crippen LogP) is 7.94. The number of nitrogens with one attached hydrogen (secondary N) is 1. The van der Waals surface area contributed by atoms with Crippen LogP contribution >= 0.6 is 10.7 Å². The number of fused-ring (bicyclic) bond motifs is 6. The number of aliphatic hydroxyl groups is 1. The van der Waals surface area contributed by atoms with Gasteiger partial charge in [0, 0.05) is 37.3 Å². The van der Waals surface area contributed by atoms with E-state index in [-0.39, 0.29) is 22.4 Å². The van der Waals surface area contributed by atoms with Crippen LogP contribution < -0.4 is 4.72 Å². The van der Waals surface area contributed by atoms with Crippen LogP contribution in [0, 0.1) is 35.0 Å². The highest BCUT2D eigenvalue weighted by molar-refractivity contribution is 8.13. The molecule has 4 fully saturated rings. The van der Waals surface area contributed by atoms with Crippen molar-refractivity contribution in [2.24, 2.45) is 35.0 Å². The number of aliphatic hydroxyl groups excluding tert-OH is 1. The SMILES string of the molecule is C/C=S(\CCc1ccccc1)NCCN1C[C@@H](C)C[C@H]2O[C@]3(CC[C@@H]4C(=C(C)C3)C[C@H]3[C@H]4CCC4=C[C@@H](O)CC[C@@]43C)[C@H](C)[C@@H]21. The van der Waals surface area contributed by atoms with Crippen molar-refractivity contribution >= 4 is 16.0 Å². The van der Waals surface area contributed by atoms with Crippen LogP contribution in [0.15, 0.2) is 53.1 Å². The molecule has 0 radical (unpaired) electrons. The molecule has 4 aliphatic carbocycles. The summed E-state index contributed by atoms with van der Waals surface area (Å²) in [5.74, 6) is 4.76. The molecule has 4 nitrogen and oxygen atoms in total. The van der Waals surface area contributed by atoms with E-state index in [9.17, 15) is 5.11 Å². The predicted molar refractivity (Wildman–Crippen MR) is 191 cm³/mol. The van der Waals surface area contributed by atoms with Gasteiger partial charge < -0.3 is 9.84 Å². The molecule has 6 aliphatic rings. The lowest BCUT2D eigenvalue weighted by Gasteiger charge is -2.49. The van der Waals surface area contributed by atoms with E-state index in [1.807, 2.05) is 5.57 Å². The zero-order valence-corrected chi connectivity index (χ0v) is 29.6. The minimum absolute atomic E-state index is 0.00224. The highest BCUT2D eigenvalue weighted by Gasteiger charge is 2.59. The van der Waals surface area contributed by atoms with Crippen molar-refractivity contribution < 1.29 is 9.84 Å². The topological polar surface area (TPSA) is 44.7 Å². The number of benzene rings is 1. The number of rotatable bonds is 7. The minimum Gasteiger partial charge on any atom is -0.389 e. The van der Waals surface area contributed by atoms with Crippen molar-refractivity contribution in [3.05, 3.63) is 58.7 Å². The summed E-state index contributed by atoms with van der Waals surface area (Å²) in [6.45, 7) is 15.6. The minimum atomic E-state index is -0.216. The molecule has 45 heavy (non-hydrogen) atoms. The zero-order chi connectivity index (χ0) is 31.3. The first-order valence-electron chi connectivity index (χ1n) is 18.5. The lowest BCUT2D eigenvalue weighted by molar-refractivity contribution is -0.0792. The van der Waals surface area contributed by atoms with Gasteiger partial charge in [0.1, 0.15) is 0 Å². The van der Waals surface area contributed by atoms with Gasteiger partial charge in [-0.05, 0) is 113 Å². The van der Waals surface area contributed by atoms with Crippen LogP contribution in [0.3, 0.4) is 0 Å². The molecule has 2 saturated carbocycles. The Balaban J connectivity index is 1.03. The summed E-state index contributed by atoms with van der Waals surface area (Å²) in [5, 5.41) is 12.8. The summed E-state index contributed by atoms with van der Waals surface area (Å²) in [6, 6.07) is 11.5. The molecule has 1 unspecified atom stereocenters. The smallest absolute Gasteiger partial charge is 0.0765 e. The number of nitrogens with zero attached hydrogens (tertiary/aromatic N) is 1. The van der Waals surface area contributed by atoms with E-state index in [4.69, 9.17) is 4.74 Å². The molecule has 2 aliphatic heterocycles. The van der Waals surface area contributed by atoms with Gasteiger partial charge in [-0.1, -0.05) is 79.3 Å². The molecule has 0 amide bonds. The van der Waals surface area contributed by atoms with Crippen molar-refractivity contribution in [3.63, 3.8) is 0 Å². The summed E-state index contributed by atoms with van der Waals surface area (Å²) < 4.78 is 11.3. The van der Waals surface area contributed by atoms with Gasteiger partial charge >= 0.3 is 0 Å². The number of allylic oxidation sites excluding steroid dienone is 2.